The molecule has 2 N–H and O–H groups in total. The molecule has 0 bridgehead atoms. The molecule has 1 aliphatic carbocycles. The number of hydrogen-bond donors (Lipinski definition) is 2. The molecule has 8 nitrogen and oxygen atoms in total. The fourth-order valence-electron chi connectivity index (χ4n) is 4.66. The number of anilines is 2. The number of benzene rings is 3. The fourth-order valence-corrected chi connectivity index (χ4v) is 4.66. The van der Waals surface area contributed by atoms with Crippen LogP contribution in [0.1, 0.15) is 43.7 Å². The summed E-state index contributed by atoms with van der Waals surface area (Å²) in [7, 11) is 3.16. The summed E-state index contributed by atoms with van der Waals surface area (Å²) in [5.74, 6) is 2.16. The Morgan fingerprint density at radius 1 is 0.825 bits per heavy atom. The van der Waals surface area contributed by atoms with Gasteiger partial charge in [0.05, 0.1) is 19.7 Å². The maximum Gasteiger partial charge on any atom is 0.240 e. The summed E-state index contributed by atoms with van der Waals surface area (Å²) >= 11 is 0. The first-order valence-corrected chi connectivity index (χ1v) is 13.3. The minimum atomic E-state index is -1.06. The van der Waals surface area contributed by atoms with Crippen molar-refractivity contribution in [1.82, 2.24) is 4.98 Å². The largest absolute Gasteiger partial charge is 0.493 e. The van der Waals surface area contributed by atoms with Crippen LogP contribution in [0, 0.1) is 12.3 Å². The average Bonchev–Trinajstić information content (AvgIpc) is 3.76. The van der Waals surface area contributed by atoms with E-state index in [1.54, 1.807) is 44.7 Å². The molecule has 1 aliphatic rings. The molecule has 40 heavy (non-hydrogen) atoms. The van der Waals surface area contributed by atoms with Crippen LogP contribution in [-0.4, -0.2) is 31.0 Å². The number of carbonyl (C=O) groups is 2. The summed E-state index contributed by atoms with van der Waals surface area (Å²) in [5, 5.41) is 6.65. The zero-order valence-corrected chi connectivity index (χ0v) is 23.3. The van der Waals surface area contributed by atoms with E-state index < -0.39 is 5.41 Å². The third-order valence-electron chi connectivity index (χ3n) is 7.29. The summed E-state index contributed by atoms with van der Waals surface area (Å²) in [6.07, 6.45) is 2.70. The first-order valence-electron chi connectivity index (χ1n) is 13.3. The Labute approximate surface area is 233 Å². The number of hydrogen-bond acceptors (Lipinski definition) is 6. The van der Waals surface area contributed by atoms with Crippen LogP contribution in [0.4, 0.5) is 11.4 Å². The van der Waals surface area contributed by atoms with E-state index in [9.17, 15) is 9.59 Å². The molecule has 0 radical (unpaired) electrons. The molecule has 1 heterocycles. The predicted octanol–water partition coefficient (Wildman–Crippen LogP) is 6.83. The first-order chi connectivity index (χ1) is 19.2. The molecule has 2 amide bonds. The highest BCUT2D eigenvalue weighted by molar-refractivity contribution is 6.17. The Balaban J connectivity index is 1.30. The molecule has 1 saturated carbocycles. The molecule has 0 atom stereocenters. The smallest absolute Gasteiger partial charge is 0.240 e. The minimum Gasteiger partial charge on any atom is -0.493 e. The SMILES string of the molecule is COc1cc2nccc(Oc3ccc(NC(=O)C4(C(=O)Nc5cccc(C(C)C)c5)CC4)cc3C)c2cc1OC. The van der Waals surface area contributed by atoms with Gasteiger partial charge in [-0.3, -0.25) is 14.6 Å². The van der Waals surface area contributed by atoms with Crippen molar-refractivity contribution < 1.29 is 23.8 Å². The fraction of sp³-hybridized carbons (Fsp3) is 0.281. The van der Waals surface area contributed by atoms with Crippen molar-refractivity contribution >= 4 is 34.1 Å². The number of amides is 2. The number of nitrogens with one attached hydrogen (secondary N) is 2. The van der Waals surface area contributed by atoms with Crippen LogP contribution in [0.2, 0.25) is 0 Å². The summed E-state index contributed by atoms with van der Waals surface area (Å²) in [6.45, 7) is 6.10. The molecule has 4 aromatic rings. The van der Waals surface area contributed by atoms with Gasteiger partial charge in [-0.15, -0.1) is 0 Å². The highest BCUT2D eigenvalue weighted by Gasteiger charge is 2.56. The molecule has 0 saturated heterocycles. The van der Waals surface area contributed by atoms with E-state index >= 15 is 0 Å². The molecule has 1 fully saturated rings. The van der Waals surface area contributed by atoms with Gasteiger partial charge >= 0.3 is 0 Å². The monoisotopic (exact) mass is 539 g/mol. The third-order valence-corrected chi connectivity index (χ3v) is 7.29. The summed E-state index contributed by atoms with van der Waals surface area (Å²) in [4.78, 5) is 30.8. The Kier molecular flexibility index (Phi) is 7.34. The number of fused-ring (bicyclic) bond motifs is 1. The molecule has 1 aromatic heterocycles. The number of carbonyl (C=O) groups excluding carboxylic acids is 2. The Morgan fingerprint density at radius 3 is 2.12 bits per heavy atom. The Morgan fingerprint density at radius 2 is 1.50 bits per heavy atom. The van der Waals surface area contributed by atoms with Crippen LogP contribution in [0.25, 0.3) is 10.9 Å². The standard InChI is InChI=1S/C32H33N3O5/c1-19(2)21-7-6-8-22(16-21)34-30(36)32(12-13-32)31(37)35-23-9-10-26(20(3)15-23)40-27-11-14-33-25-18-29(39-5)28(38-4)17-24(25)27/h6-11,14-19H,12-13H2,1-5H3,(H,34,36)(H,35,37). The van der Waals surface area contributed by atoms with E-state index in [1.807, 2.05) is 43.3 Å². The number of methoxy groups -OCH3 is 2. The van der Waals surface area contributed by atoms with Crippen LogP contribution in [0.5, 0.6) is 23.0 Å². The van der Waals surface area contributed by atoms with Crippen molar-refractivity contribution in [2.45, 2.75) is 39.5 Å². The van der Waals surface area contributed by atoms with Gasteiger partial charge in [-0.1, -0.05) is 26.0 Å². The van der Waals surface area contributed by atoms with Crippen molar-refractivity contribution in [2.24, 2.45) is 5.41 Å². The second-order valence-corrected chi connectivity index (χ2v) is 10.4. The zero-order valence-electron chi connectivity index (χ0n) is 23.3. The van der Waals surface area contributed by atoms with Gasteiger partial charge < -0.3 is 24.8 Å². The number of aromatic nitrogens is 1. The summed E-state index contributed by atoms with van der Waals surface area (Å²) in [6, 6.07) is 18.6. The van der Waals surface area contributed by atoms with Gasteiger partial charge in [-0.25, -0.2) is 0 Å². The lowest BCUT2D eigenvalue weighted by Crippen LogP contribution is -2.35. The Hall–Kier alpha value is -4.59. The van der Waals surface area contributed by atoms with Gasteiger partial charge in [0.1, 0.15) is 16.9 Å². The maximum atomic E-state index is 13.2. The van der Waals surface area contributed by atoms with E-state index in [2.05, 4.69) is 29.5 Å². The van der Waals surface area contributed by atoms with Gasteiger partial charge in [0.2, 0.25) is 11.8 Å². The number of rotatable bonds is 9. The van der Waals surface area contributed by atoms with E-state index in [1.165, 1.54) is 0 Å². The zero-order chi connectivity index (χ0) is 28.4. The Bertz CT molecular complexity index is 1590. The van der Waals surface area contributed by atoms with Crippen molar-refractivity contribution in [3.8, 4) is 23.0 Å². The predicted molar refractivity (Wildman–Crippen MR) is 156 cm³/mol. The quantitative estimate of drug-likeness (QED) is 0.226. The van der Waals surface area contributed by atoms with E-state index in [0.29, 0.717) is 58.6 Å². The molecule has 0 spiro atoms. The summed E-state index contributed by atoms with van der Waals surface area (Å²) in [5.41, 5.74) is 2.90. The molecule has 8 heteroatoms. The minimum absolute atomic E-state index is 0.279. The van der Waals surface area contributed by atoms with Gasteiger partial charge in [0, 0.05) is 29.0 Å². The van der Waals surface area contributed by atoms with Gasteiger partial charge in [0.25, 0.3) is 0 Å². The van der Waals surface area contributed by atoms with Gasteiger partial charge in [-0.05, 0) is 79.3 Å². The number of aryl methyl sites for hydroxylation is 1. The second kappa shape index (κ2) is 10.9. The lowest BCUT2D eigenvalue weighted by atomic mass is 10.0. The molecule has 3 aromatic carbocycles. The van der Waals surface area contributed by atoms with Crippen LogP contribution in [-0.2, 0) is 9.59 Å². The van der Waals surface area contributed by atoms with Crippen molar-refractivity contribution in [3.63, 3.8) is 0 Å². The molecule has 0 unspecified atom stereocenters. The van der Waals surface area contributed by atoms with Crippen molar-refractivity contribution in [3.05, 3.63) is 78.0 Å². The lowest BCUT2D eigenvalue weighted by Gasteiger charge is -2.17. The van der Waals surface area contributed by atoms with Crippen LogP contribution < -0.4 is 24.8 Å². The van der Waals surface area contributed by atoms with Crippen molar-refractivity contribution in [1.29, 1.82) is 0 Å². The van der Waals surface area contributed by atoms with Crippen LogP contribution in [0.15, 0.2) is 66.9 Å². The van der Waals surface area contributed by atoms with Crippen LogP contribution >= 0.6 is 0 Å². The topological polar surface area (TPSA) is 98.8 Å². The average molecular weight is 540 g/mol. The molecule has 0 aliphatic heterocycles. The molecular weight excluding hydrogens is 506 g/mol. The maximum absolute atomic E-state index is 13.2. The van der Waals surface area contributed by atoms with Gasteiger partial charge in [-0.2, -0.15) is 0 Å². The van der Waals surface area contributed by atoms with E-state index in [-0.39, 0.29) is 11.8 Å². The highest BCUT2D eigenvalue weighted by atomic mass is 16.5. The van der Waals surface area contributed by atoms with Gasteiger partial charge in [0.15, 0.2) is 11.5 Å². The number of ether oxygens (including phenoxy) is 3. The number of pyridine rings is 1. The number of nitrogens with zero attached hydrogens (tertiary/aromatic N) is 1. The van der Waals surface area contributed by atoms with Crippen LogP contribution in [0.3, 0.4) is 0 Å². The summed E-state index contributed by atoms with van der Waals surface area (Å²) < 4.78 is 17.1. The van der Waals surface area contributed by atoms with E-state index in [0.717, 1.165) is 16.5 Å². The molecular formula is C32H33N3O5. The second-order valence-electron chi connectivity index (χ2n) is 10.4. The first kappa shape index (κ1) is 27.0. The molecule has 206 valence electrons. The highest BCUT2D eigenvalue weighted by Crippen LogP contribution is 2.48. The lowest BCUT2D eigenvalue weighted by molar-refractivity contribution is -0.131. The van der Waals surface area contributed by atoms with E-state index in [4.69, 9.17) is 14.2 Å². The molecule has 5 rings (SSSR count). The van der Waals surface area contributed by atoms with Crippen molar-refractivity contribution in [2.75, 3.05) is 24.9 Å². The normalized spacial score (nSPS) is 13.6. The third kappa shape index (κ3) is 5.30.